The number of fused-ring (bicyclic) bond motifs is 5. The molecule has 2 aromatic heterocycles. The molecule has 0 aromatic carbocycles. The Balaban J connectivity index is 1.38. The Morgan fingerprint density at radius 2 is 2.14 bits per heavy atom. The Morgan fingerprint density at radius 1 is 1.29 bits per heavy atom. The van der Waals surface area contributed by atoms with Crippen LogP contribution in [0.2, 0.25) is 0 Å². The number of amides is 1. The molecule has 6 heteroatoms. The van der Waals surface area contributed by atoms with E-state index < -0.39 is 0 Å². The highest BCUT2D eigenvalue weighted by atomic mass is 16.5. The van der Waals surface area contributed by atoms with Gasteiger partial charge in [-0.1, -0.05) is 6.92 Å². The van der Waals surface area contributed by atoms with Crippen molar-refractivity contribution in [1.82, 2.24) is 14.5 Å². The van der Waals surface area contributed by atoms with Crippen molar-refractivity contribution < 1.29 is 9.53 Å². The number of likely N-dealkylation sites (tertiary alicyclic amines) is 1. The van der Waals surface area contributed by atoms with Gasteiger partial charge in [-0.3, -0.25) is 4.79 Å². The third-order valence-corrected chi connectivity index (χ3v) is 7.27. The third-order valence-electron chi connectivity index (χ3n) is 7.27. The molecule has 0 radical (unpaired) electrons. The number of ether oxygens (including phenoxy) is 1. The van der Waals surface area contributed by atoms with Gasteiger partial charge in [0, 0.05) is 37.9 Å². The van der Waals surface area contributed by atoms with E-state index in [1.54, 1.807) is 0 Å². The number of rotatable bonds is 3. The average Bonchev–Trinajstić information content (AvgIpc) is 3.22. The van der Waals surface area contributed by atoms with Crippen molar-refractivity contribution >= 4 is 11.6 Å². The van der Waals surface area contributed by atoms with Crippen molar-refractivity contribution in [3.63, 3.8) is 0 Å². The van der Waals surface area contributed by atoms with Gasteiger partial charge in [0.15, 0.2) is 5.82 Å². The van der Waals surface area contributed by atoms with Crippen LogP contribution in [0.4, 0.5) is 5.69 Å². The standard InChI is InChI=1S/C22H26N4O2/c1-2-9-26-17-5-3-8-23-20(17)25-10-4-6-18(25)22(26)7-11-24(14-22)21(27)19-15-12-28-13-16(15)19/h3-6,8,10,15-16,19H,2,7,9,11-14H2,1H3/t15-,16+,19?,22?. The number of aromatic nitrogens is 2. The third kappa shape index (κ3) is 2.07. The number of hydrogen-bond acceptors (Lipinski definition) is 4. The lowest BCUT2D eigenvalue weighted by Gasteiger charge is -2.47. The summed E-state index contributed by atoms with van der Waals surface area (Å²) >= 11 is 0. The lowest BCUT2D eigenvalue weighted by atomic mass is 9.88. The Bertz CT molecular complexity index is 930. The molecule has 1 aliphatic carbocycles. The molecule has 4 atom stereocenters. The zero-order chi connectivity index (χ0) is 18.9. The average molecular weight is 378 g/mol. The van der Waals surface area contributed by atoms with Gasteiger partial charge in [0.05, 0.1) is 24.6 Å². The van der Waals surface area contributed by atoms with E-state index >= 15 is 0 Å². The van der Waals surface area contributed by atoms with Crippen LogP contribution in [-0.4, -0.2) is 53.2 Å². The fraction of sp³-hybridized carbons (Fsp3) is 0.545. The van der Waals surface area contributed by atoms with E-state index in [1.807, 2.05) is 12.3 Å². The minimum absolute atomic E-state index is 0.161. The van der Waals surface area contributed by atoms with E-state index in [9.17, 15) is 4.79 Å². The molecule has 28 heavy (non-hydrogen) atoms. The lowest BCUT2D eigenvalue weighted by Crippen LogP contribution is -2.53. The highest BCUT2D eigenvalue weighted by molar-refractivity contribution is 5.83. The maximum Gasteiger partial charge on any atom is 0.226 e. The summed E-state index contributed by atoms with van der Waals surface area (Å²) < 4.78 is 7.73. The van der Waals surface area contributed by atoms with Crippen LogP contribution < -0.4 is 4.90 Å². The number of nitrogens with zero attached hydrogens (tertiary/aromatic N) is 4. The smallest absolute Gasteiger partial charge is 0.226 e. The molecule has 2 unspecified atom stereocenters. The zero-order valence-electron chi connectivity index (χ0n) is 16.3. The summed E-state index contributed by atoms with van der Waals surface area (Å²) in [4.78, 5) is 22.6. The van der Waals surface area contributed by atoms with Crippen molar-refractivity contribution in [1.29, 1.82) is 0 Å². The van der Waals surface area contributed by atoms with Crippen LogP contribution in [0.25, 0.3) is 5.82 Å². The molecule has 3 aliphatic heterocycles. The first-order valence-corrected chi connectivity index (χ1v) is 10.5. The second kappa shape index (κ2) is 5.83. The summed E-state index contributed by atoms with van der Waals surface area (Å²) in [6, 6.07) is 8.52. The first-order valence-electron chi connectivity index (χ1n) is 10.5. The number of hydrogen-bond donors (Lipinski definition) is 0. The normalized spacial score (nSPS) is 32.4. The SMILES string of the molecule is CCCN1c2cccnc2-n2cccc2C12CCN(C(=O)C1[C@H]3COC[C@@H]13)C2. The van der Waals surface area contributed by atoms with E-state index in [0.29, 0.717) is 17.7 Å². The zero-order valence-corrected chi connectivity index (χ0v) is 16.3. The van der Waals surface area contributed by atoms with E-state index in [2.05, 4.69) is 50.7 Å². The maximum atomic E-state index is 13.2. The minimum Gasteiger partial charge on any atom is -0.381 e. The van der Waals surface area contributed by atoms with E-state index in [4.69, 9.17) is 4.74 Å². The number of anilines is 1. The second-order valence-corrected chi connectivity index (χ2v) is 8.69. The molecule has 2 aromatic rings. The van der Waals surface area contributed by atoms with Gasteiger partial charge in [-0.25, -0.2) is 4.98 Å². The van der Waals surface area contributed by atoms with Crippen molar-refractivity contribution in [2.24, 2.45) is 17.8 Å². The van der Waals surface area contributed by atoms with Gasteiger partial charge in [-0.05, 0) is 48.9 Å². The largest absolute Gasteiger partial charge is 0.381 e. The quantitative estimate of drug-likeness (QED) is 0.823. The molecule has 2 saturated heterocycles. The topological polar surface area (TPSA) is 50.6 Å². The van der Waals surface area contributed by atoms with E-state index in [0.717, 1.165) is 51.5 Å². The molecule has 1 amide bonds. The molecular formula is C22H26N4O2. The molecular weight excluding hydrogens is 352 g/mol. The molecule has 146 valence electrons. The molecule has 1 spiro atoms. The fourth-order valence-corrected chi connectivity index (χ4v) is 5.88. The molecule has 1 saturated carbocycles. The van der Waals surface area contributed by atoms with Gasteiger partial charge < -0.3 is 19.1 Å². The van der Waals surface area contributed by atoms with Crippen LogP contribution in [0, 0.1) is 17.8 Å². The van der Waals surface area contributed by atoms with Gasteiger partial charge in [-0.15, -0.1) is 0 Å². The van der Waals surface area contributed by atoms with Crippen LogP contribution in [-0.2, 0) is 15.1 Å². The van der Waals surface area contributed by atoms with Gasteiger partial charge in [0.1, 0.15) is 5.54 Å². The van der Waals surface area contributed by atoms with Gasteiger partial charge in [0.25, 0.3) is 0 Å². The van der Waals surface area contributed by atoms with Gasteiger partial charge >= 0.3 is 0 Å². The summed E-state index contributed by atoms with van der Waals surface area (Å²) in [6.07, 6.45) is 6.01. The van der Waals surface area contributed by atoms with Crippen molar-refractivity contribution in [3.05, 3.63) is 42.4 Å². The van der Waals surface area contributed by atoms with Crippen LogP contribution in [0.3, 0.4) is 0 Å². The fourth-order valence-electron chi connectivity index (χ4n) is 5.88. The minimum atomic E-state index is -0.161. The predicted molar refractivity (Wildman–Crippen MR) is 105 cm³/mol. The van der Waals surface area contributed by atoms with Crippen molar-refractivity contribution in [3.8, 4) is 5.82 Å². The first kappa shape index (κ1) is 16.6. The molecule has 5 heterocycles. The summed E-state index contributed by atoms with van der Waals surface area (Å²) in [5, 5.41) is 0. The van der Waals surface area contributed by atoms with Crippen LogP contribution in [0.1, 0.15) is 25.5 Å². The first-order chi connectivity index (χ1) is 13.7. The van der Waals surface area contributed by atoms with E-state index in [-0.39, 0.29) is 11.5 Å². The predicted octanol–water partition coefficient (Wildman–Crippen LogP) is 2.42. The molecule has 6 rings (SSSR count). The summed E-state index contributed by atoms with van der Waals surface area (Å²) in [7, 11) is 0. The Hall–Kier alpha value is -2.34. The highest BCUT2D eigenvalue weighted by Gasteiger charge is 2.60. The number of carbonyl (C=O) groups is 1. The molecule has 4 aliphatic rings. The monoisotopic (exact) mass is 378 g/mol. The summed E-state index contributed by atoms with van der Waals surface area (Å²) in [6.45, 7) is 6.32. The Labute approximate surface area is 165 Å². The Kier molecular flexibility index (Phi) is 3.46. The summed E-state index contributed by atoms with van der Waals surface area (Å²) in [5.41, 5.74) is 2.28. The van der Waals surface area contributed by atoms with Gasteiger partial charge in [0.2, 0.25) is 5.91 Å². The number of carbonyl (C=O) groups excluding carboxylic acids is 1. The van der Waals surface area contributed by atoms with Crippen LogP contribution >= 0.6 is 0 Å². The number of pyridine rings is 1. The summed E-state index contributed by atoms with van der Waals surface area (Å²) in [5.74, 6) is 2.49. The van der Waals surface area contributed by atoms with Crippen molar-refractivity contribution in [2.45, 2.75) is 25.3 Å². The molecule has 3 fully saturated rings. The Morgan fingerprint density at radius 3 is 2.96 bits per heavy atom. The van der Waals surface area contributed by atoms with Crippen LogP contribution in [0.5, 0.6) is 0 Å². The molecule has 6 nitrogen and oxygen atoms in total. The molecule has 0 N–H and O–H groups in total. The van der Waals surface area contributed by atoms with Crippen molar-refractivity contribution in [2.75, 3.05) is 37.7 Å². The van der Waals surface area contributed by atoms with Crippen LogP contribution in [0.15, 0.2) is 36.7 Å². The molecule has 0 bridgehead atoms. The second-order valence-electron chi connectivity index (χ2n) is 8.69. The lowest BCUT2D eigenvalue weighted by molar-refractivity contribution is -0.133. The van der Waals surface area contributed by atoms with Gasteiger partial charge in [-0.2, -0.15) is 0 Å². The highest BCUT2D eigenvalue weighted by Crippen LogP contribution is 2.53. The maximum absolute atomic E-state index is 13.2. The van der Waals surface area contributed by atoms with E-state index in [1.165, 1.54) is 11.4 Å².